The maximum Gasteiger partial charge on any atom is 0.131 e. The maximum atomic E-state index is 4.72. The fourth-order valence-corrected chi connectivity index (χ4v) is 3.30. The van der Waals surface area contributed by atoms with Crippen molar-refractivity contribution in [2.75, 3.05) is 18.0 Å². The number of nitrogens with one attached hydrogen (secondary N) is 1. The molecule has 0 aliphatic heterocycles. The fourth-order valence-electron chi connectivity index (χ4n) is 3.30. The minimum Gasteiger partial charge on any atom is -0.356 e. The molecule has 116 valence electrons. The molecule has 21 heavy (non-hydrogen) atoms. The summed E-state index contributed by atoms with van der Waals surface area (Å²) < 4.78 is 2.13. The Labute approximate surface area is 127 Å². The summed E-state index contributed by atoms with van der Waals surface area (Å²) in [6.07, 6.45) is 8.40. The van der Waals surface area contributed by atoms with Gasteiger partial charge in [-0.1, -0.05) is 0 Å². The Kier molecular flexibility index (Phi) is 3.44. The van der Waals surface area contributed by atoms with E-state index in [-0.39, 0.29) is 0 Å². The summed E-state index contributed by atoms with van der Waals surface area (Å²) in [5, 5.41) is 8.40. The van der Waals surface area contributed by atoms with Crippen LogP contribution >= 0.6 is 0 Å². The number of nitrogens with zero attached hydrogens (tertiary/aromatic N) is 3. The molecule has 3 fully saturated rings. The van der Waals surface area contributed by atoms with Gasteiger partial charge < -0.3 is 10.2 Å². The van der Waals surface area contributed by atoms with Gasteiger partial charge in [-0.25, -0.2) is 0 Å². The van der Waals surface area contributed by atoms with Gasteiger partial charge in [0, 0.05) is 38.3 Å². The normalized spacial score (nSPS) is 21.8. The molecule has 0 amide bonds. The summed E-state index contributed by atoms with van der Waals surface area (Å²) in [5.41, 5.74) is 2.64. The second-order valence-electron chi connectivity index (χ2n) is 7.46. The van der Waals surface area contributed by atoms with Crippen LogP contribution in [0.5, 0.6) is 0 Å². The smallest absolute Gasteiger partial charge is 0.131 e. The quantitative estimate of drug-likeness (QED) is 0.798. The van der Waals surface area contributed by atoms with Gasteiger partial charge in [0.25, 0.3) is 0 Å². The van der Waals surface area contributed by atoms with Crippen LogP contribution in [0.25, 0.3) is 0 Å². The molecule has 3 aliphatic carbocycles. The minimum atomic E-state index is 0.762. The van der Waals surface area contributed by atoms with E-state index in [1.807, 2.05) is 0 Å². The Bertz CT molecular complexity index is 495. The molecule has 4 heteroatoms. The zero-order valence-electron chi connectivity index (χ0n) is 13.4. The molecule has 0 atom stereocenters. The molecule has 1 N–H and O–H groups in total. The zero-order valence-corrected chi connectivity index (χ0v) is 13.4. The Morgan fingerprint density at radius 3 is 2.24 bits per heavy atom. The molecule has 0 spiro atoms. The lowest BCUT2D eigenvalue weighted by Gasteiger charge is -2.26. The van der Waals surface area contributed by atoms with Crippen LogP contribution in [0.4, 0.5) is 5.82 Å². The Hall–Kier alpha value is -1.03. The standard InChI is InChI=1S/C17H28N4/c1-12-16(9-18-15-7-8-15)17(20(2)19-12)21(10-13-3-4-13)11-14-5-6-14/h13-15,18H,3-11H2,1-2H3. The van der Waals surface area contributed by atoms with Crippen molar-refractivity contribution >= 4 is 5.82 Å². The molecule has 3 aliphatic rings. The van der Waals surface area contributed by atoms with E-state index in [0.29, 0.717) is 0 Å². The molecule has 1 heterocycles. The predicted molar refractivity (Wildman–Crippen MR) is 85.5 cm³/mol. The average Bonchev–Trinajstić information content (AvgIpc) is 3.30. The highest BCUT2D eigenvalue weighted by Gasteiger charge is 2.32. The van der Waals surface area contributed by atoms with Crippen LogP contribution in [0.3, 0.4) is 0 Å². The highest BCUT2D eigenvalue weighted by molar-refractivity contribution is 5.50. The Morgan fingerprint density at radius 2 is 1.71 bits per heavy atom. The van der Waals surface area contributed by atoms with Crippen LogP contribution in [0, 0.1) is 18.8 Å². The summed E-state index contributed by atoms with van der Waals surface area (Å²) in [6, 6.07) is 0.762. The van der Waals surface area contributed by atoms with Gasteiger partial charge in [0.2, 0.25) is 0 Å². The number of aromatic nitrogens is 2. The van der Waals surface area contributed by atoms with E-state index in [1.54, 1.807) is 0 Å². The summed E-state index contributed by atoms with van der Waals surface area (Å²) in [4.78, 5) is 2.65. The lowest BCUT2D eigenvalue weighted by atomic mass is 10.2. The number of hydrogen-bond acceptors (Lipinski definition) is 3. The van der Waals surface area contributed by atoms with E-state index in [4.69, 9.17) is 5.10 Å². The Balaban J connectivity index is 1.55. The van der Waals surface area contributed by atoms with Crippen molar-refractivity contribution in [3.63, 3.8) is 0 Å². The first-order chi connectivity index (χ1) is 10.2. The third kappa shape index (κ3) is 3.25. The fraction of sp³-hybridized carbons (Fsp3) is 0.824. The van der Waals surface area contributed by atoms with E-state index in [0.717, 1.165) is 24.4 Å². The van der Waals surface area contributed by atoms with Crippen LogP contribution in [-0.2, 0) is 13.6 Å². The molecule has 4 rings (SSSR count). The van der Waals surface area contributed by atoms with Crippen LogP contribution in [-0.4, -0.2) is 28.9 Å². The first kappa shape index (κ1) is 13.6. The lowest BCUT2D eigenvalue weighted by molar-refractivity contribution is 0.630. The van der Waals surface area contributed by atoms with Gasteiger partial charge in [-0.15, -0.1) is 0 Å². The number of anilines is 1. The van der Waals surface area contributed by atoms with Crippen LogP contribution in [0.1, 0.15) is 49.8 Å². The number of rotatable bonds is 8. The molecule has 1 aromatic rings. The van der Waals surface area contributed by atoms with E-state index in [1.165, 1.54) is 68.7 Å². The molecule has 0 unspecified atom stereocenters. The predicted octanol–water partition coefficient (Wildman–Crippen LogP) is 2.61. The van der Waals surface area contributed by atoms with Gasteiger partial charge in [-0.2, -0.15) is 5.10 Å². The molecule has 0 saturated heterocycles. The highest BCUT2D eigenvalue weighted by Crippen LogP contribution is 2.37. The monoisotopic (exact) mass is 288 g/mol. The first-order valence-corrected chi connectivity index (χ1v) is 8.71. The van der Waals surface area contributed by atoms with Crippen molar-refractivity contribution < 1.29 is 0 Å². The second kappa shape index (κ2) is 5.31. The Morgan fingerprint density at radius 1 is 1.10 bits per heavy atom. The van der Waals surface area contributed by atoms with E-state index in [9.17, 15) is 0 Å². The average molecular weight is 288 g/mol. The molecule has 3 saturated carbocycles. The lowest BCUT2D eigenvalue weighted by Crippen LogP contribution is -2.31. The van der Waals surface area contributed by atoms with Crippen LogP contribution in [0.2, 0.25) is 0 Å². The van der Waals surface area contributed by atoms with Crippen molar-refractivity contribution in [3.8, 4) is 0 Å². The summed E-state index contributed by atoms with van der Waals surface area (Å²) in [6.45, 7) is 5.64. The molecular formula is C17H28N4. The number of hydrogen-bond donors (Lipinski definition) is 1. The van der Waals surface area contributed by atoms with Gasteiger partial charge in [0.1, 0.15) is 5.82 Å². The van der Waals surface area contributed by atoms with Gasteiger partial charge >= 0.3 is 0 Å². The highest BCUT2D eigenvalue weighted by atomic mass is 15.4. The van der Waals surface area contributed by atoms with Crippen molar-refractivity contribution in [1.82, 2.24) is 15.1 Å². The molecule has 0 radical (unpaired) electrons. The molecule has 4 nitrogen and oxygen atoms in total. The van der Waals surface area contributed by atoms with Gasteiger partial charge in [-0.05, 0) is 57.3 Å². The molecule has 0 aromatic carbocycles. The molecule has 0 bridgehead atoms. The van der Waals surface area contributed by atoms with Crippen molar-refractivity contribution in [2.45, 2.75) is 58.0 Å². The van der Waals surface area contributed by atoms with Gasteiger partial charge in [0.15, 0.2) is 0 Å². The zero-order chi connectivity index (χ0) is 14.4. The molecule has 1 aromatic heterocycles. The summed E-state index contributed by atoms with van der Waals surface area (Å²) >= 11 is 0. The summed E-state index contributed by atoms with van der Waals surface area (Å²) in [7, 11) is 2.12. The first-order valence-electron chi connectivity index (χ1n) is 8.71. The summed E-state index contributed by atoms with van der Waals surface area (Å²) in [5.74, 6) is 3.26. The van der Waals surface area contributed by atoms with Crippen molar-refractivity contribution in [3.05, 3.63) is 11.3 Å². The van der Waals surface area contributed by atoms with E-state index >= 15 is 0 Å². The largest absolute Gasteiger partial charge is 0.356 e. The minimum absolute atomic E-state index is 0.762. The van der Waals surface area contributed by atoms with Crippen LogP contribution in [0.15, 0.2) is 0 Å². The van der Waals surface area contributed by atoms with Gasteiger partial charge in [0.05, 0.1) is 5.69 Å². The third-order valence-corrected chi connectivity index (χ3v) is 5.11. The van der Waals surface area contributed by atoms with Gasteiger partial charge in [-0.3, -0.25) is 4.68 Å². The SMILES string of the molecule is Cc1nn(C)c(N(CC2CC2)CC2CC2)c1CNC1CC1. The topological polar surface area (TPSA) is 33.1 Å². The van der Waals surface area contributed by atoms with E-state index < -0.39 is 0 Å². The third-order valence-electron chi connectivity index (χ3n) is 5.11. The second-order valence-corrected chi connectivity index (χ2v) is 7.46. The van der Waals surface area contributed by atoms with Crippen molar-refractivity contribution in [2.24, 2.45) is 18.9 Å². The van der Waals surface area contributed by atoms with Crippen molar-refractivity contribution in [1.29, 1.82) is 0 Å². The number of aryl methyl sites for hydroxylation is 2. The molecular weight excluding hydrogens is 260 g/mol. The van der Waals surface area contributed by atoms with E-state index in [2.05, 4.69) is 28.9 Å². The maximum absolute atomic E-state index is 4.72. The van der Waals surface area contributed by atoms with Crippen LogP contribution < -0.4 is 10.2 Å².